The highest BCUT2D eigenvalue weighted by atomic mass is 35.5. The highest BCUT2D eigenvalue weighted by Gasteiger charge is 2.29. The van der Waals surface area contributed by atoms with E-state index in [1.54, 1.807) is 0 Å². The summed E-state index contributed by atoms with van der Waals surface area (Å²) in [4.78, 5) is 9.37. The van der Waals surface area contributed by atoms with Crippen LogP contribution in [0.15, 0.2) is 0 Å². The van der Waals surface area contributed by atoms with Crippen molar-refractivity contribution in [2.45, 2.75) is 11.0 Å². The van der Waals surface area contributed by atoms with E-state index in [1.165, 1.54) is 0 Å². The molecule has 0 aromatic carbocycles. The molecule has 2 aliphatic rings. The molecule has 4 nitrogen and oxygen atoms in total. The first kappa shape index (κ1) is 14.8. The lowest BCUT2D eigenvalue weighted by molar-refractivity contribution is 0.175. The molecule has 0 aromatic rings. The van der Waals surface area contributed by atoms with Gasteiger partial charge in [-0.25, -0.2) is 0 Å². The zero-order chi connectivity index (χ0) is 13.1. The Labute approximate surface area is 120 Å². The van der Waals surface area contributed by atoms with Crippen LogP contribution in [0.4, 0.5) is 0 Å². The predicted octanol–water partition coefficient (Wildman–Crippen LogP) is 0.611. The van der Waals surface area contributed by atoms with Crippen LogP contribution in [0.5, 0.6) is 0 Å². The number of rotatable bonds is 0. The molecule has 106 valence electrons. The van der Waals surface area contributed by atoms with E-state index in [0.29, 0.717) is 0 Å². The number of hydrogen-bond acceptors (Lipinski definition) is 4. The maximum atomic E-state index is 6.54. The lowest BCUT2D eigenvalue weighted by atomic mass is 10.4. The molecule has 0 saturated carbocycles. The first-order chi connectivity index (χ1) is 8.58. The summed E-state index contributed by atoms with van der Waals surface area (Å²) in [5.74, 6) is 0. The molecule has 0 amide bonds. The van der Waals surface area contributed by atoms with E-state index >= 15 is 0 Å². The van der Waals surface area contributed by atoms with Gasteiger partial charge in [-0.05, 0) is 14.1 Å². The minimum atomic E-state index is -0.114. The molecular weight excluding hydrogens is 271 g/mol. The van der Waals surface area contributed by atoms with Crippen LogP contribution in [0, 0.1) is 0 Å². The SMILES string of the molecule is CN1CCN2CCN(C)C(Cl)C(Cl)N(CC1)CC2. The van der Waals surface area contributed by atoms with Gasteiger partial charge in [0.2, 0.25) is 0 Å². The highest BCUT2D eigenvalue weighted by molar-refractivity contribution is 6.29. The molecule has 2 fully saturated rings. The smallest absolute Gasteiger partial charge is 0.115 e. The topological polar surface area (TPSA) is 13.0 Å². The molecule has 2 rings (SSSR count). The van der Waals surface area contributed by atoms with Gasteiger partial charge in [-0.1, -0.05) is 0 Å². The molecule has 2 heterocycles. The van der Waals surface area contributed by atoms with Crippen molar-refractivity contribution in [3.63, 3.8) is 0 Å². The Kier molecular flexibility index (Phi) is 5.54. The van der Waals surface area contributed by atoms with E-state index in [0.717, 1.165) is 52.4 Å². The van der Waals surface area contributed by atoms with Gasteiger partial charge in [-0.3, -0.25) is 14.7 Å². The minimum absolute atomic E-state index is 0.108. The van der Waals surface area contributed by atoms with Gasteiger partial charge in [-0.15, -0.1) is 23.2 Å². The van der Waals surface area contributed by atoms with Crippen LogP contribution in [0.3, 0.4) is 0 Å². The normalized spacial score (nSPS) is 41.3. The molecule has 0 N–H and O–H groups in total. The number of fused-ring (bicyclic) bond motifs is 3. The van der Waals surface area contributed by atoms with Crippen LogP contribution in [0.2, 0.25) is 0 Å². The second kappa shape index (κ2) is 6.73. The second-order valence-electron chi connectivity index (χ2n) is 5.41. The monoisotopic (exact) mass is 294 g/mol. The Morgan fingerprint density at radius 1 is 0.722 bits per heavy atom. The van der Waals surface area contributed by atoms with Gasteiger partial charge in [0.1, 0.15) is 11.0 Å². The Morgan fingerprint density at radius 2 is 1.28 bits per heavy atom. The fraction of sp³-hybridized carbons (Fsp3) is 1.00. The van der Waals surface area contributed by atoms with Crippen LogP contribution < -0.4 is 0 Å². The Balaban J connectivity index is 2.13. The van der Waals surface area contributed by atoms with Gasteiger partial charge in [0, 0.05) is 52.4 Å². The maximum Gasteiger partial charge on any atom is 0.115 e. The Bertz CT molecular complexity index is 266. The van der Waals surface area contributed by atoms with Crippen molar-refractivity contribution >= 4 is 23.2 Å². The molecule has 18 heavy (non-hydrogen) atoms. The molecule has 0 spiro atoms. The minimum Gasteiger partial charge on any atom is -0.304 e. The van der Waals surface area contributed by atoms with E-state index in [-0.39, 0.29) is 11.0 Å². The molecule has 0 radical (unpaired) electrons. The number of alkyl halides is 2. The van der Waals surface area contributed by atoms with Crippen LogP contribution in [0.1, 0.15) is 0 Å². The van der Waals surface area contributed by atoms with Crippen molar-refractivity contribution in [2.75, 3.05) is 66.5 Å². The third-order valence-electron chi connectivity index (χ3n) is 4.04. The number of nitrogens with zero attached hydrogens (tertiary/aromatic N) is 4. The van der Waals surface area contributed by atoms with Crippen molar-refractivity contribution in [3.8, 4) is 0 Å². The largest absolute Gasteiger partial charge is 0.304 e. The van der Waals surface area contributed by atoms with E-state index in [9.17, 15) is 0 Å². The summed E-state index contributed by atoms with van der Waals surface area (Å²) in [7, 11) is 4.24. The summed E-state index contributed by atoms with van der Waals surface area (Å²) in [5.41, 5.74) is -0.223. The average Bonchev–Trinajstić information content (AvgIpc) is 2.48. The van der Waals surface area contributed by atoms with Crippen molar-refractivity contribution in [2.24, 2.45) is 0 Å². The molecule has 6 heteroatoms. The van der Waals surface area contributed by atoms with Crippen molar-refractivity contribution in [1.29, 1.82) is 0 Å². The van der Waals surface area contributed by atoms with Crippen LogP contribution >= 0.6 is 23.2 Å². The summed E-state index contributed by atoms with van der Waals surface area (Å²) in [5, 5.41) is 0. The van der Waals surface area contributed by atoms with Gasteiger partial charge in [0.25, 0.3) is 0 Å². The summed E-state index contributed by atoms with van der Waals surface area (Å²) < 4.78 is 0. The zero-order valence-corrected chi connectivity index (χ0v) is 12.9. The zero-order valence-electron chi connectivity index (χ0n) is 11.4. The third kappa shape index (κ3) is 3.71. The van der Waals surface area contributed by atoms with E-state index < -0.39 is 0 Å². The fourth-order valence-corrected chi connectivity index (χ4v) is 3.14. The van der Waals surface area contributed by atoms with Crippen LogP contribution in [-0.2, 0) is 0 Å². The third-order valence-corrected chi connectivity index (χ3v) is 5.25. The fourth-order valence-electron chi connectivity index (χ4n) is 2.49. The highest BCUT2D eigenvalue weighted by Crippen LogP contribution is 2.19. The predicted molar refractivity (Wildman–Crippen MR) is 77.4 cm³/mol. The Morgan fingerprint density at radius 3 is 2.06 bits per heavy atom. The quantitative estimate of drug-likeness (QED) is 0.479. The van der Waals surface area contributed by atoms with Crippen molar-refractivity contribution < 1.29 is 0 Å². The van der Waals surface area contributed by atoms with E-state index in [4.69, 9.17) is 23.2 Å². The molecule has 0 aromatic heterocycles. The van der Waals surface area contributed by atoms with Crippen LogP contribution in [0.25, 0.3) is 0 Å². The van der Waals surface area contributed by atoms with Gasteiger partial charge in [-0.2, -0.15) is 0 Å². The standard InChI is InChI=1S/C12H24Cl2N4/c1-15-3-6-17-7-5-16(2)11(13)12(14)18(9-4-15)10-8-17/h11-12H,3-10H2,1-2H3. The summed E-state index contributed by atoms with van der Waals surface area (Å²) in [6.45, 7) is 8.49. The molecular formula is C12H24Cl2N4. The number of likely N-dealkylation sites (N-methyl/N-ethyl adjacent to an activating group) is 2. The first-order valence-corrected chi connectivity index (χ1v) is 7.58. The number of halogens is 2. The molecule has 4 unspecified atom stereocenters. The molecule has 2 aliphatic heterocycles. The summed E-state index contributed by atoms with van der Waals surface area (Å²) >= 11 is 13.0. The number of hydrogen-bond donors (Lipinski definition) is 0. The van der Waals surface area contributed by atoms with Crippen molar-refractivity contribution in [1.82, 2.24) is 19.6 Å². The van der Waals surface area contributed by atoms with Gasteiger partial charge in [0.15, 0.2) is 0 Å². The maximum absolute atomic E-state index is 6.54. The molecule has 4 atom stereocenters. The van der Waals surface area contributed by atoms with E-state index in [1.807, 2.05) is 0 Å². The Hall–Kier alpha value is 0.420. The second-order valence-corrected chi connectivity index (χ2v) is 6.30. The lowest BCUT2D eigenvalue weighted by Crippen LogP contribution is -2.47. The van der Waals surface area contributed by atoms with E-state index in [2.05, 4.69) is 33.7 Å². The van der Waals surface area contributed by atoms with Gasteiger partial charge >= 0.3 is 0 Å². The first-order valence-electron chi connectivity index (χ1n) is 6.71. The van der Waals surface area contributed by atoms with Gasteiger partial charge in [0.05, 0.1) is 0 Å². The molecule has 2 bridgehead atoms. The molecule has 2 saturated heterocycles. The average molecular weight is 295 g/mol. The molecule has 0 aliphatic carbocycles. The summed E-state index contributed by atoms with van der Waals surface area (Å²) in [6.07, 6.45) is 0. The van der Waals surface area contributed by atoms with Gasteiger partial charge < -0.3 is 4.90 Å². The van der Waals surface area contributed by atoms with Crippen molar-refractivity contribution in [3.05, 3.63) is 0 Å². The van der Waals surface area contributed by atoms with Crippen LogP contribution in [-0.4, -0.2) is 97.1 Å². The lowest BCUT2D eigenvalue weighted by Gasteiger charge is -2.33. The summed E-state index contributed by atoms with van der Waals surface area (Å²) in [6, 6.07) is 0.